The number of alkyl halides is 3. The Kier molecular flexibility index (Phi) is 6.81. The third-order valence-corrected chi connectivity index (χ3v) is 3.29. The molecule has 0 saturated heterocycles. The fraction of sp³-hybridized carbons (Fsp3) is 0.263. The fourth-order valence-electron chi connectivity index (χ4n) is 2.04. The molecule has 0 fully saturated rings. The lowest BCUT2D eigenvalue weighted by molar-refractivity contribution is -0.146. The van der Waals surface area contributed by atoms with Crippen LogP contribution in [0.25, 0.3) is 0 Å². The van der Waals surface area contributed by atoms with Crippen molar-refractivity contribution in [3.05, 3.63) is 54.1 Å². The van der Waals surface area contributed by atoms with Crippen molar-refractivity contribution >= 4 is 11.8 Å². The highest BCUT2D eigenvalue weighted by atomic mass is 19.4. The van der Waals surface area contributed by atoms with E-state index < -0.39 is 23.5 Å². The average molecular weight is 382 g/mol. The number of Topliss-reactive ketones (excluding diaryl/α,β-unsaturated/α-hetero) is 1. The Hall–Kier alpha value is -3.03. The van der Waals surface area contributed by atoms with Crippen LogP contribution in [0.15, 0.2) is 48.5 Å². The SMILES string of the molecule is CCOC(=O)CC(=O)COc1ccc(Oc2ccc(C(F)(F)F)cc2)cc1. The molecule has 5 nitrogen and oxygen atoms in total. The molecule has 144 valence electrons. The molecule has 27 heavy (non-hydrogen) atoms. The first-order valence-corrected chi connectivity index (χ1v) is 8.03. The van der Waals surface area contributed by atoms with Crippen molar-refractivity contribution < 1.29 is 37.0 Å². The van der Waals surface area contributed by atoms with Crippen LogP contribution in [0.5, 0.6) is 17.2 Å². The van der Waals surface area contributed by atoms with Gasteiger partial charge in [-0.1, -0.05) is 0 Å². The van der Waals surface area contributed by atoms with Gasteiger partial charge in [0.1, 0.15) is 30.3 Å². The van der Waals surface area contributed by atoms with Gasteiger partial charge >= 0.3 is 12.1 Å². The minimum Gasteiger partial charge on any atom is -0.486 e. The maximum atomic E-state index is 12.5. The van der Waals surface area contributed by atoms with E-state index >= 15 is 0 Å². The molecule has 0 aromatic heterocycles. The molecule has 2 rings (SSSR count). The van der Waals surface area contributed by atoms with Gasteiger partial charge in [-0.25, -0.2) is 0 Å². The summed E-state index contributed by atoms with van der Waals surface area (Å²) in [5.74, 6) is -0.00172. The molecule has 0 saturated carbocycles. The highest BCUT2D eigenvalue weighted by molar-refractivity contribution is 5.96. The zero-order valence-corrected chi connectivity index (χ0v) is 14.4. The normalized spacial score (nSPS) is 11.0. The monoisotopic (exact) mass is 382 g/mol. The number of carbonyl (C=O) groups is 2. The van der Waals surface area contributed by atoms with E-state index in [9.17, 15) is 22.8 Å². The number of rotatable bonds is 8. The summed E-state index contributed by atoms with van der Waals surface area (Å²) in [4.78, 5) is 22.8. The minimum absolute atomic E-state index is 0.202. The van der Waals surface area contributed by atoms with Gasteiger partial charge in [0.15, 0.2) is 5.78 Å². The lowest BCUT2D eigenvalue weighted by Crippen LogP contribution is -2.17. The van der Waals surface area contributed by atoms with Crippen LogP contribution < -0.4 is 9.47 Å². The maximum Gasteiger partial charge on any atom is 0.416 e. The molecule has 0 aliphatic carbocycles. The average Bonchev–Trinajstić information content (AvgIpc) is 2.61. The first-order chi connectivity index (χ1) is 12.8. The summed E-state index contributed by atoms with van der Waals surface area (Å²) in [5, 5.41) is 0. The standard InChI is InChI=1S/C19H17F3O5/c1-2-25-18(24)11-14(23)12-26-15-7-9-17(10-8-15)27-16-5-3-13(4-6-16)19(20,21)22/h3-10H,2,11-12H2,1H3. The van der Waals surface area contributed by atoms with E-state index in [1.54, 1.807) is 19.1 Å². The summed E-state index contributed by atoms with van der Waals surface area (Å²) >= 11 is 0. The van der Waals surface area contributed by atoms with Crippen LogP contribution in [0.3, 0.4) is 0 Å². The van der Waals surface area contributed by atoms with E-state index in [-0.39, 0.29) is 25.4 Å². The van der Waals surface area contributed by atoms with Crippen molar-refractivity contribution in [3.63, 3.8) is 0 Å². The van der Waals surface area contributed by atoms with Crippen molar-refractivity contribution in [2.24, 2.45) is 0 Å². The van der Waals surface area contributed by atoms with Crippen LogP contribution in [0.4, 0.5) is 13.2 Å². The molecule has 2 aromatic rings. The van der Waals surface area contributed by atoms with Gasteiger partial charge in [0, 0.05) is 0 Å². The fourth-order valence-corrected chi connectivity index (χ4v) is 2.04. The number of ether oxygens (including phenoxy) is 3. The van der Waals surface area contributed by atoms with Crippen LogP contribution in [0, 0.1) is 0 Å². The number of halogens is 3. The lowest BCUT2D eigenvalue weighted by Gasteiger charge is -2.10. The molecule has 0 bridgehead atoms. The second-order valence-electron chi connectivity index (χ2n) is 5.40. The van der Waals surface area contributed by atoms with E-state index in [2.05, 4.69) is 4.74 Å². The molecule has 8 heteroatoms. The van der Waals surface area contributed by atoms with E-state index in [0.717, 1.165) is 12.1 Å². The smallest absolute Gasteiger partial charge is 0.416 e. The van der Waals surface area contributed by atoms with E-state index in [1.165, 1.54) is 24.3 Å². The molecule has 0 amide bonds. The Bertz CT molecular complexity index is 767. The van der Waals surface area contributed by atoms with Crippen molar-refractivity contribution in [2.75, 3.05) is 13.2 Å². The first-order valence-electron chi connectivity index (χ1n) is 8.03. The highest BCUT2D eigenvalue weighted by Crippen LogP contribution is 2.31. The molecule has 0 atom stereocenters. The second kappa shape index (κ2) is 9.07. The lowest BCUT2D eigenvalue weighted by atomic mass is 10.2. The Morgan fingerprint density at radius 1 is 0.889 bits per heavy atom. The number of esters is 1. The van der Waals surface area contributed by atoms with Gasteiger partial charge in [-0.15, -0.1) is 0 Å². The highest BCUT2D eigenvalue weighted by Gasteiger charge is 2.30. The zero-order valence-electron chi connectivity index (χ0n) is 14.4. The molecule has 2 aromatic carbocycles. The van der Waals surface area contributed by atoms with Gasteiger partial charge in [-0.3, -0.25) is 9.59 Å². The summed E-state index contributed by atoms with van der Waals surface area (Å²) in [7, 11) is 0. The molecular weight excluding hydrogens is 365 g/mol. The molecular formula is C19H17F3O5. The number of ketones is 1. The van der Waals surface area contributed by atoms with Crippen molar-refractivity contribution in [1.29, 1.82) is 0 Å². The predicted molar refractivity (Wildman–Crippen MR) is 89.7 cm³/mol. The van der Waals surface area contributed by atoms with Crippen molar-refractivity contribution in [1.82, 2.24) is 0 Å². The summed E-state index contributed by atoms with van der Waals surface area (Å²) < 4.78 is 53.0. The van der Waals surface area contributed by atoms with Gasteiger partial charge in [0.25, 0.3) is 0 Å². The van der Waals surface area contributed by atoms with Gasteiger partial charge < -0.3 is 14.2 Å². The number of benzene rings is 2. The molecule has 0 radical (unpaired) electrons. The molecule has 0 unspecified atom stereocenters. The van der Waals surface area contributed by atoms with Crippen LogP contribution >= 0.6 is 0 Å². The van der Waals surface area contributed by atoms with Gasteiger partial charge in [0.2, 0.25) is 0 Å². The zero-order chi connectivity index (χ0) is 19.9. The Morgan fingerprint density at radius 3 is 1.93 bits per heavy atom. The molecule has 0 spiro atoms. The van der Waals surface area contributed by atoms with Crippen LogP contribution in [-0.4, -0.2) is 25.0 Å². The van der Waals surface area contributed by atoms with Crippen molar-refractivity contribution in [2.45, 2.75) is 19.5 Å². The Balaban J connectivity index is 1.86. The second-order valence-corrected chi connectivity index (χ2v) is 5.40. The minimum atomic E-state index is -4.40. The summed E-state index contributed by atoms with van der Waals surface area (Å²) in [6.45, 7) is 1.57. The Labute approximate surface area is 153 Å². The van der Waals surface area contributed by atoms with Crippen LogP contribution in [0.1, 0.15) is 18.9 Å². The van der Waals surface area contributed by atoms with Crippen molar-refractivity contribution in [3.8, 4) is 17.2 Å². The maximum absolute atomic E-state index is 12.5. The van der Waals surface area contributed by atoms with E-state index in [0.29, 0.717) is 11.5 Å². The third kappa shape index (κ3) is 6.65. The number of carbonyl (C=O) groups excluding carboxylic acids is 2. The third-order valence-electron chi connectivity index (χ3n) is 3.29. The largest absolute Gasteiger partial charge is 0.486 e. The summed E-state index contributed by atoms with van der Waals surface area (Å²) in [5.41, 5.74) is -0.758. The van der Waals surface area contributed by atoms with Gasteiger partial charge in [0.05, 0.1) is 12.2 Å². The van der Waals surface area contributed by atoms with Gasteiger partial charge in [-0.05, 0) is 55.5 Å². The van der Waals surface area contributed by atoms with Crippen LogP contribution in [-0.2, 0) is 20.5 Å². The summed E-state index contributed by atoms with van der Waals surface area (Å²) in [6.07, 6.45) is -4.76. The molecule has 0 heterocycles. The van der Waals surface area contributed by atoms with Gasteiger partial charge in [-0.2, -0.15) is 13.2 Å². The van der Waals surface area contributed by atoms with E-state index in [1.807, 2.05) is 0 Å². The Morgan fingerprint density at radius 2 is 1.41 bits per heavy atom. The van der Waals surface area contributed by atoms with Crippen LogP contribution in [0.2, 0.25) is 0 Å². The topological polar surface area (TPSA) is 61.8 Å². The molecule has 0 aliphatic heterocycles. The number of hydrogen-bond acceptors (Lipinski definition) is 5. The number of hydrogen-bond donors (Lipinski definition) is 0. The summed E-state index contributed by atoms with van der Waals surface area (Å²) in [6, 6.07) is 10.5. The molecule has 0 aliphatic rings. The quantitative estimate of drug-likeness (QED) is 0.500. The predicted octanol–water partition coefficient (Wildman–Crippen LogP) is 4.40. The molecule has 0 N–H and O–H groups in total. The first kappa shape index (κ1) is 20.3. The van der Waals surface area contributed by atoms with E-state index in [4.69, 9.17) is 9.47 Å².